The molecule has 2 heterocycles. The van der Waals surface area contributed by atoms with Gasteiger partial charge in [0.05, 0.1) is 10.0 Å². The summed E-state index contributed by atoms with van der Waals surface area (Å²) in [6.07, 6.45) is 0.748. The summed E-state index contributed by atoms with van der Waals surface area (Å²) in [6, 6.07) is 0.192. The van der Waals surface area contributed by atoms with Gasteiger partial charge in [0, 0.05) is 32.7 Å². The zero-order valence-corrected chi connectivity index (χ0v) is 20.7. The summed E-state index contributed by atoms with van der Waals surface area (Å²) in [5.41, 5.74) is 4.44. The van der Waals surface area contributed by atoms with E-state index in [9.17, 15) is 22.8 Å². The van der Waals surface area contributed by atoms with E-state index >= 15 is 0 Å². The molecule has 0 unspecified atom stereocenters. The highest BCUT2D eigenvalue weighted by atomic mass is 79.9. The summed E-state index contributed by atoms with van der Waals surface area (Å²) in [6.45, 7) is 4.50. The molecule has 9 nitrogen and oxygen atoms in total. The second-order valence-electron chi connectivity index (χ2n) is 7.67. The van der Waals surface area contributed by atoms with E-state index in [-0.39, 0.29) is 20.9 Å². The van der Waals surface area contributed by atoms with Gasteiger partial charge in [-0.15, -0.1) is 0 Å². The number of carbonyl (C=O) groups excluding carboxylic acids is 2. The lowest BCUT2D eigenvalue weighted by Crippen LogP contribution is -2.45. The Bertz CT molecular complexity index is 1050. The van der Waals surface area contributed by atoms with E-state index in [0.29, 0.717) is 18.1 Å². The highest BCUT2D eigenvalue weighted by Gasteiger charge is 2.24. The molecule has 1 aliphatic heterocycles. The summed E-state index contributed by atoms with van der Waals surface area (Å²) in [4.78, 5) is 28.7. The number of halogens is 4. The molecule has 1 aliphatic rings. The first-order valence-corrected chi connectivity index (χ1v) is 11.9. The number of aromatic nitrogens is 1. The number of carbonyl (C=O) groups is 2. The molecule has 0 spiro atoms. The average molecular weight is 565 g/mol. The number of hydrogen-bond donors (Lipinski definition) is 3. The van der Waals surface area contributed by atoms with E-state index in [4.69, 9.17) is 10.5 Å². The van der Waals surface area contributed by atoms with Gasteiger partial charge in [-0.05, 0) is 53.5 Å². The average Bonchev–Trinajstić information content (AvgIpc) is 3.18. The number of anilines is 1. The maximum atomic E-state index is 14.0. The minimum absolute atomic E-state index is 0.0157. The minimum Gasteiger partial charge on any atom is -0.471 e. The highest BCUT2D eigenvalue weighted by molar-refractivity contribution is 9.10. The number of ether oxygens (including phenoxy) is 1. The molecule has 1 saturated heterocycles. The molecule has 0 atom stereocenters. The van der Waals surface area contributed by atoms with Gasteiger partial charge in [-0.2, -0.15) is 4.37 Å². The van der Waals surface area contributed by atoms with Crippen LogP contribution in [0.2, 0.25) is 0 Å². The van der Waals surface area contributed by atoms with Gasteiger partial charge in [0.15, 0.2) is 11.6 Å². The van der Waals surface area contributed by atoms with Gasteiger partial charge in [0.25, 0.3) is 5.91 Å². The zero-order chi connectivity index (χ0) is 24.8. The molecular weight excluding hydrogens is 541 g/mol. The molecule has 3 rings (SSSR count). The first-order valence-electron chi connectivity index (χ1n) is 10.4. The summed E-state index contributed by atoms with van der Waals surface area (Å²) in [7, 11) is 2.08. The molecule has 0 saturated carbocycles. The van der Waals surface area contributed by atoms with Crippen molar-refractivity contribution in [2.24, 2.45) is 5.73 Å². The molecule has 14 heteroatoms. The van der Waals surface area contributed by atoms with Crippen LogP contribution in [0.25, 0.3) is 0 Å². The maximum absolute atomic E-state index is 14.0. The SMILES string of the molecule is CN1CCN(CCCNC(=O)Nc2snc(OCc3c(F)cc(Br)c(F)c3F)c2C(N)=O)CC1. The van der Waals surface area contributed by atoms with E-state index in [0.717, 1.165) is 45.2 Å². The van der Waals surface area contributed by atoms with Gasteiger partial charge in [0.2, 0.25) is 5.88 Å². The molecule has 34 heavy (non-hydrogen) atoms. The Hall–Kier alpha value is -2.42. The van der Waals surface area contributed by atoms with Crippen molar-refractivity contribution >= 4 is 44.4 Å². The van der Waals surface area contributed by atoms with E-state index in [1.807, 2.05) is 0 Å². The van der Waals surface area contributed by atoms with Gasteiger partial charge in [-0.1, -0.05) is 0 Å². The van der Waals surface area contributed by atoms with Crippen LogP contribution in [0.5, 0.6) is 5.88 Å². The second kappa shape index (κ2) is 11.8. The van der Waals surface area contributed by atoms with Crippen LogP contribution in [-0.4, -0.2) is 72.4 Å². The quantitative estimate of drug-likeness (QED) is 0.245. The molecule has 1 fully saturated rings. The number of primary amides is 1. The van der Waals surface area contributed by atoms with Gasteiger partial charge in [0.1, 0.15) is 23.0 Å². The Labute approximate surface area is 206 Å². The van der Waals surface area contributed by atoms with Crippen molar-refractivity contribution < 1.29 is 27.5 Å². The Morgan fingerprint density at radius 3 is 2.62 bits per heavy atom. The topological polar surface area (TPSA) is 113 Å². The van der Waals surface area contributed by atoms with Crippen molar-refractivity contribution in [2.45, 2.75) is 13.0 Å². The van der Waals surface area contributed by atoms with E-state index < -0.39 is 41.6 Å². The van der Waals surface area contributed by atoms with Crippen LogP contribution in [0.1, 0.15) is 22.3 Å². The van der Waals surface area contributed by atoms with Crippen LogP contribution in [-0.2, 0) is 6.61 Å². The molecule has 0 bridgehead atoms. The molecule has 4 N–H and O–H groups in total. The summed E-state index contributed by atoms with van der Waals surface area (Å²) in [5, 5.41) is 5.19. The molecule has 186 valence electrons. The highest BCUT2D eigenvalue weighted by Crippen LogP contribution is 2.32. The third kappa shape index (κ3) is 6.58. The van der Waals surface area contributed by atoms with Crippen molar-refractivity contribution in [3.8, 4) is 5.88 Å². The van der Waals surface area contributed by atoms with E-state index in [1.165, 1.54) is 0 Å². The predicted molar refractivity (Wildman–Crippen MR) is 125 cm³/mol. The molecule has 1 aromatic carbocycles. The number of rotatable bonds is 9. The molecule has 1 aromatic heterocycles. The lowest BCUT2D eigenvalue weighted by atomic mass is 10.2. The lowest BCUT2D eigenvalue weighted by molar-refractivity contribution is 0.0996. The van der Waals surface area contributed by atoms with Crippen molar-refractivity contribution in [2.75, 3.05) is 51.6 Å². The first kappa shape index (κ1) is 26.2. The number of piperazine rings is 1. The number of hydrogen-bond acceptors (Lipinski definition) is 7. The van der Waals surface area contributed by atoms with Gasteiger partial charge in [-0.3, -0.25) is 10.1 Å². The van der Waals surface area contributed by atoms with Crippen molar-refractivity contribution in [3.63, 3.8) is 0 Å². The number of amides is 3. The third-order valence-electron chi connectivity index (χ3n) is 5.23. The normalized spacial score (nSPS) is 14.7. The number of urea groups is 1. The van der Waals surface area contributed by atoms with Crippen molar-refractivity contribution in [1.82, 2.24) is 19.5 Å². The van der Waals surface area contributed by atoms with Crippen LogP contribution < -0.4 is 21.1 Å². The Balaban J connectivity index is 1.55. The molecule has 2 aromatic rings. The van der Waals surface area contributed by atoms with Gasteiger partial charge < -0.3 is 25.6 Å². The van der Waals surface area contributed by atoms with Crippen molar-refractivity contribution in [3.05, 3.63) is 39.1 Å². The van der Waals surface area contributed by atoms with Crippen LogP contribution in [0.3, 0.4) is 0 Å². The van der Waals surface area contributed by atoms with Crippen LogP contribution in [0.15, 0.2) is 10.5 Å². The third-order valence-corrected chi connectivity index (χ3v) is 6.55. The molecular formula is C20H24BrF3N6O3S. The lowest BCUT2D eigenvalue weighted by Gasteiger charge is -2.32. The van der Waals surface area contributed by atoms with Crippen LogP contribution in [0, 0.1) is 17.5 Å². The minimum atomic E-state index is -1.43. The Morgan fingerprint density at radius 2 is 1.94 bits per heavy atom. The van der Waals surface area contributed by atoms with Crippen LogP contribution >= 0.6 is 27.5 Å². The standard InChI is InChI=1S/C20H24BrF3N6O3S/c1-29-5-7-30(8-6-29)4-2-3-26-20(32)27-19-14(17(25)31)18(28-34-19)33-10-11-13(22)9-12(21)16(24)15(11)23/h9H,2-8,10H2,1H3,(H2,25,31)(H2,26,27,32). The van der Waals surface area contributed by atoms with Gasteiger partial charge in [-0.25, -0.2) is 18.0 Å². The van der Waals surface area contributed by atoms with E-state index in [2.05, 4.69) is 47.8 Å². The molecule has 3 amide bonds. The fraction of sp³-hybridized carbons (Fsp3) is 0.450. The zero-order valence-electron chi connectivity index (χ0n) is 18.3. The summed E-state index contributed by atoms with van der Waals surface area (Å²) >= 11 is 3.43. The number of benzene rings is 1. The largest absolute Gasteiger partial charge is 0.471 e. The number of nitrogens with zero attached hydrogens (tertiary/aromatic N) is 3. The van der Waals surface area contributed by atoms with Gasteiger partial charge >= 0.3 is 6.03 Å². The number of nitrogens with two attached hydrogens (primary N) is 1. The molecule has 0 aliphatic carbocycles. The Kier molecular flexibility index (Phi) is 9.10. The monoisotopic (exact) mass is 564 g/mol. The molecule has 0 radical (unpaired) electrons. The van der Waals surface area contributed by atoms with Crippen LogP contribution in [0.4, 0.5) is 23.0 Å². The number of nitrogens with one attached hydrogen (secondary N) is 2. The smallest absolute Gasteiger partial charge is 0.319 e. The Morgan fingerprint density at radius 1 is 1.24 bits per heavy atom. The fourth-order valence-corrected chi connectivity index (χ4v) is 4.39. The summed E-state index contributed by atoms with van der Waals surface area (Å²) in [5.74, 6) is -5.05. The fourth-order valence-electron chi connectivity index (χ4n) is 3.28. The predicted octanol–water partition coefficient (Wildman–Crippen LogP) is 2.76. The van der Waals surface area contributed by atoms with E-state index in [1.54, 1.807) is 0 Å². The second-order valence-corrected chi connectivity index (χ2v) is 9.30. The maximum Gasteiger partial charge on any atom is 0.319 e. The summed E-state index contributed by atoms with van der Waals surface area (Å²) < 4.78 is 50.5. The van der Waals surface area contributed by atoms with Crippen molar-refractivity contribution in [1.29, 1.82) is 0 Å². The first-order chi connectivity index (χ1) is 16.2. The number of likely N-dealkylation sites (N-methyl/N-ethyl adjacent to an activating group) is 1.